The molecule has 1 rings (SSSR count). The third kappa shape index (κ3) is 1.19. The molecule has 0 amide bonds. The van der Waals surface area contributed by atoms with Gasteiger partial charge >= 0.3 is 11.7 Å². The van der Waals surface area contributed by atoms with Gasteiger partial charge in [0.25, 0.3) is 5.56 Å². The molecule has 1 aromatic heterocycles. The number of hydrogen-bond donors (Lipinski definition) is 3. The Kier molecular flexibility index (Phi) is 1.70. The number of rotatable bonds is 1. The molecule has 0 bridgehead atoms. The lowest BCUT2D eigenvalue weighted by atomic mass is 10.3. The molecule has 1 aromatic rings. The molecule has 0 aliphatic heterocycles. The third-order valence-corrected chi connectivity index (χ3v) is 1.20. The number of H-pyrrole nitrogens is 1. The number of aromatic amines is 1. The van der Waals surface area contributed by atoms with Crippen molar-refractivity contribution >= 4 is 5.97 Å². The molecule has 12 heavy (non-hydrogen) atoms. The van der Waals surface area contributed by atoms with Crippen LogP contribution >= 0.6 is 0 Å². The van der Waals surface area contributed by atoms with Crippen LogP contribution in [0, 0.1) is 0 Å². The van der Waals surface area contributed by atoms with Crippen LogP contribution in [0.1, 0.15) is 10.4 Å². The van der Waals surface area contributed by atoms with Gasteiger partial charge in [-0.1, -0.05) is 0 Å². The van der Waals surface area contributed by atoms with Crippen molar-refractivity contribution in [3.63, 3.8) is 0 Å². The first-order chi connectivity index (χ1) is 5.52. The van der Waals surface area contributed by atoms with Crippen molar-refractivity contribution in [1.29, 1.82) is 0 Å². The van der Waals surface area contributed by atoms with E-state index in [4.69, 9.17) is 10.9 Å². The summed E-state index contributed by atoms with van der Waals surface area (Å²) in [6.07, 6.45) is 0.753. The van der Waals surface area contributed by atoms with Gasteiger partial charge in [0.2, 0.25) is 0 Å². The summed E-state index contributed by atoms with van der Waals surface area (Å²) in [6, 6.07) is 0. The number of carboxylic acids is 1. The van der Waals surface area contributed by atoms with E-state index in [1.807, 2.05) is 0 Å². The van der Waals surface area contributed by atoms with Crippen LogP contribution in [0.25, 0.3) is 0 Å². The summed E-state index contributed by atoms with van der Waals surface area (Å²) < 4.78 is 0.491. The summed E-state index contributed by atoms with van der Waals surface area (Å²) in [5.74, 6) is 3.56. The number of carboxylic acid groups (broad SMARTS) is 1. The molecule has 0 aliphatic rings. The van der Waals surface area contributed by atoms with Gasteiger partial charge in [-0.3, -0.25) is 9.78 Å². The molecule has 0 radical (unpaired) electrons. The van der Waals surface area contributed by atoms with E-state index in [2.05, 4.69) is 0 Å². The van der Waals surface area contributed by atoms with Crippen LogP contribution in [-0.2, 0) is 0 Å². The Labute approximate surface area is 65.0 Å². The van der Waals surface area contributed by atoms with Crippen LogP contribution < -0.4 is 17.1 Å². The minimum absolute atomic E-state index is 0.491. The van der Waals surface area contributed by atoms with E-state index in [9.17, 15) is 14.4 Å². The number of nitrogen functional groups attached to an aromatic ring is 1. The van der Waals surface area contributed by atoms with E-state index < -0.39 is 22.8 Å². The Morgan fingerprint density at radius 1 is 1.58 bits per heavy atom. The van der Waals surface area contributed by atoms with Crippen molar-refractivity contribution in [3.8, 4) is 0 Å². The molecule has 0 atom stereocenters. The molecule has 0 saturated heterocycles. The highest BCUT2D eigenvalue weighted by molar-refractivity contribution is 5.86. The van der Waals surface area contributed by atoms with Crippen LogP contribution in [0.2, 0.25) is 0 Å². The fraction of sp³-hybridized carbons (Fsp3) is 0. The summed E-state index contributed by atoms with van der Waals surface area (Å²) in [5, 5.41) is 8.39. The predicted molar refractivity (Wildman–Crippen MR) is 38.4 cm³/mol. The van der Waals surface area contributed by atoms with Crippen molar-refractivity contribution in [1.82, 2.24) is 9.66 Å². The van der Waals surface area contributed by atoms with Gasteiger partial charge in [-0.05, 0) is 0 Å². The lowest BCUT2D eigenvalue weighted by Gasteiger charge is -1.96. The van der Waals surface area contributed by atoms with Crippen molar-refractivity contribution in [2.24, 2.45) is 0 Å². The van der Waals surface area contributed by atoms with E-state index in [0.29, 0.717) is 4.68 Å². The smallest absolute Gasteiger partial charge is 0.346 e. The monoisotopic (exact) mass is 171 g/mol. The Bertz CT molecular complexity index is 429. The quantitative estimate of drug-likeness (QED) is 0.420. The lowest BCUT2D eigenvalue weighted by molar-refractivity contribution is 0.0694. The Morgan fingerprint density at radius 3 is 2.67 bits per heavy atom. The average Bonchev–Trinajstić information content (AvgIpc) is 1.96. The van der Waals surface area contributed by atoms with Gasteiger partial charge in [0.1, 0.15) is 5.56 Å². The number of aromatic nitrogens is 2. The van der Waals surface area contributed by atoms with Crippen LogP contribution in [0.4, 0.5) is 0 Å². The van der Waals surface area contributed by atoms with Gasteiger partial charge in [0, 0.05) is 0 Å². The van der Waals surface area contributed by atoms with Gasteiger partial charge in [0.05, 0.1) is 6.20 Å². The highest BCUT2D eigenvalue weighted by atomic mass is 16.4. The van der Waals surface area contributed by atoms with Crippen molar-refractivity contribution < 1.29 is 9.90 Å². The molecule has 0 fully saturated rings. The minimum Gasteiger partial charge on any atom is -0.477 e. The van der Waals surface area contributed by atoms with Crippen LogP contribution in [0.5, 0.6) is 0 Å². The zero-order chi connectivity index (χ0) is 9.30. The SMILES string of the molecule is Nn1cc(C(=O)O)c(=O)[nH]c1=O. The predicted octanol–water partition coefficient (Wildman–Crippen LogP) is -2.05. The first kappa shape index (κ1) is 8.05. The molecule has 7 nitrogen and oxygen atoms in total. The Balaban J connectivity index is 3.54. The molecule has 7 heteroatoms. The number of carbonyl (C=O) groups is 1. The van der Waals surface area contributed by atoms with Gasteiger partial charge in [0.15, 0.2) is 0 Å². The van der Waals surface area contributed by atoms with Crippen LogP contribution in [0.15, 0.2) is 15.8 Å². The summed E-state index contributed by atoms with van der Waals surface area (Å²) >= 11 is 0. The first-order valence-corrected chi connectivity index (χ1v) is 2.86. The van der Waals surface area contributed by atoms with E-state index in [1.165, 1.54) is 0 Å². The van der Waals surface area contributed by atoms with Gasteiger partial charge in [-0.25, -0.2) is 14.3 Å². The van der Waals surface area contributed by atoms with Gasteiger partial charge in [-0.2, -0.15) is 0 Å². The number of nitrogens with zero attached hydrogens (tertiary/aromatic N) is 1. The third-order valence-electron chi connectivity index (χ3n) is 1.20. The average molecular weight is 171 g/mol. The van der Waals surface area contributed by atoms with E-state index in [-0.39, 0.29) is 0 Å². The van der Waals surface area contributed by atoms with E-state index in [1.54, 1.807) is 4.98 Å². The maximum absolute atomic E-state index is 10.7. The first-order valence-electron chi connectivity index (χ1n) is 2.86. The van der Waals surface area contributed by atoms with Crippen molar-refractivity contribution in [2.45, 2.75) is 0 Å². The molecule has 0 spiro atoms. The Morgan fingerprint density at radius 2 is 2.17 bits per heavy atom. The van der Waals surface area contributed by atoms with E-state index in [0.717, 1.165) is 6.20 Å². The highest BCUT2D eigenvalue weighted by Crippen LogP contribution is 1.83. The topological polar surface area (TPSA) is 118 Å². The van der Waals surface area contributed by atoms with Crippen molar-refractivity contribution in [2.75, 3.05) is 5.84 Å². The van der Waals surface area contributed by atoms with E-state index >= 15 is 0 Å². The summed E-state index contributed by atoms with van der Waals surface area (Å²) in [4.78, 5) is 33.4. The molecule has 0 unspecified atom stereocenters. The largest absolute Gasteiger partial charge is 0.477 e. The second-order valence-electron chi connectivity index (χ2n) is 2.01. The minimum atomic E-state index is -1.43. The highest BCUT2D eigenvalue weighted by Gasteiger charge is 2.09. The Hall–Kier alpha value is -2.05. The lowest BCUT2D eigenvalue weighted by Crippen LogP contribution is -2.36. The maximum Gasteiger partial charge on any atom is 0.346 e. The number of nitrogens with one attached hydrogen (secondary N) is 1. The van der Waals surface area contributed by atoms with Gasteiger partial charge in [-0.15, -0.1) is 0 Å². The second kappa shape index (κ2) is 2.53. The summed E-state index contributed by atoms with van der Waals surface area (Å²) in [7, 11) is 0. The zero-order valence-electron chi connectivity index (χ0n) is 5.77. The number of hydrogen-bond acceptors (Lipinski definition) is 4. The molecular weight excluding hydrogens is 166 g/mol. The standard InChI is InChI=1S/C5H5N3O4/c6-8-1-2(4(10)11)3(9)7-5(8)12/h1H,6H2,(H,10,11)(H,7,9,12). The van der Waals surface area contributed by atoms with Crippen molar-refractivity contribution in [3.05, 3.63) is 32.6 Å². The maximum atomic E-state index is 10.7. The summed E-state index contributed by atoms with van der Waals surface area (Å²) in [6.45, 7) is 0. The molecule has 64 valence electrons. The van der Waals surface area contributed by atoms with Crippen LogP contribution in [0.3, 0.4) is 0 Å². The fourth-order valence-electron chi connectivity index (χ4n) is 0.638. The molecule has 0 aromatic carbocycles. The normalized spacial score (nSPS) is 9.67. The number of nitrogens with two attached hydrogens (primary N) is 1. The molecule has 0 aliphatic carbocycles. The summed E-state index contributed by atoms with van der Waals surface area (Å²) in [5.41, 5.74) is -2.39. The van der Waals surface area contributed by atoms with Gasteiger partial charge < -0.3 is 10.9 Å². The molecule has 4 N–H and O–H groups in total. The van der Waals surface area contributed by atoms with Crippen LogP contribution in [-0.4, -0.2) is 20.7 Å². The molecular formula is C5H5N3O4. The number of aromatic carboxylic acids is 1. The fourth-order valence-corrected chi connectivity index (χ4v) is 0.638. The zero-order valence-corrected chi connectivity index (χ0v) is 5.77. The second-order valence-corrected chi connectivity index (χ2v) is 2.01. The molecule has 1 heterocycles. The molecule has 0 saturated carbocycles.